The molecule has 2 N–H and O–H groups in total. The van der Waals surface area contributed by atoms with E-state index in [1.165, 1.54) is 20.3 Å². The van der Waals surface area contributed by atoms with Crippen LogP contribution in [0.1, 0.15) is 0 Å². The van der Waals surface area contributed by atoms with Gasteiger partial charge in [0, 0.05) is 6.07 Å². The third-order valence-electron chi connectivity index (χ3n) is 2.35. The molecule has 0 unspecified atom stereocenters. The lowest BCUT2D eigenvalue weighted by atomic mass is 10.2. The van der Waals surface area contributed by atoms with Gasteiger partial charge in [0.1, 0.15) is 18.0 Å². The van der Waals surface area contributed by atoms with Gasteiger partial charge in [0.15, 0.2) is 0 Å². The Morgan fingerprint density at radius 2 is 1.95 bits per heavy atom. The van der Waals surface area contributed by atoms with E-state index in [-0.39, 0.29) is 5.69 Å². The molecule has 0 aliphatic heterocycles. The zero-order chi connectivity index (χ0) is 14.6. The number of benzene rings is 1. The van der Waals surface area contributed by atoms with Crippen molar-refractivity contribution in [2.75, 3.05) is 31.3 Å². The monoisotopic (exact) mass is 288 g/mol. The molecular weight excluding hydrogens is 272 g/mol. The first kappa shape index (κ1) is 15.1. The molecule has 106 valence electrons. The molecule has 1 amide bonds. The van der Waals surface area contributed by atoms with Crippen molar-refractivity contribution in [3.05, 3.63) is 18.2 Å². The number of nitrogens with zero attached hydrogens (tertiary/aromatic N) is 1. The van der Waals surface area contributed by atoms with Gasteiger partial charge in [-0.15, -0.1) is 0 Å². The lowest BCUT2D eigenvalue weighted by Gasteiger charge is -2.23. The van der Waals surface area contributed by atoms with Gasteiger partial charge in [0.05, 0.1) is 26.2 Å². The van der Waals surface area contributed by atoms with Gasteiger partial charge in [-0.2, -0.15) is 0 Å². The predicted octanol–water partition coefficient (Wildman–Crippen LogP) is -0.0449. The number of carbonyl (C=O) groups excluding carboxylic acids is 1. The van der Waals surface area contributed by atoms with E-state index in [2.05, 4.69) is 0 Å². The quantitative estimate of drug-likeness (QED) is 0.791. The van der Waals surface area contributed by atoms with E-state index < -0.39 is 22.5 Å². The lowest BCUT2D eigenvalue weighted by Crippen LogP contribution is -2.38. The fourth-order valence-electron chi connectivity index (χ4n) is 1.51. The normalized spacial score (nSPS) is 10.9. The van der Waals surface area contributed by atoms with Gasteiger partial charge in [-0.25, -0.2) is 8.42 Å². The largest absolute Gasteiger partial charge is 0.497 e. The number of sulfonamides is 1. The summed E-state index contributed by atoms with van der Waals surface area (Å²) in [6.45, 7) is -0.470. The number of rotatable bonds is 6. The Balaban J connectivity index is 3.39. The zero-order valence-corrected chi connectivity index (χ0v) is 11.7. The van der Waals surface area contributed by atoms with Crippen LogP contribution in [0.25, 0.3) is 0 Å². The van der Waals surface area contributed by atoms with Crippen LogP contribution in [0.3, 0.4) is 0 Å². The van der Waals surface area contributed by atoms with Crippen LogP contribution in [0.2, 0.25) is 0 Å². The molecule has 0 aliphatic rings. The van der Waals surface area contributed by atoms with E-state index in [1.807, 2.05) is 0 Å². The number of ether oxygens (including phenoxy) is 2. The summed E-state index contributed by atoms with van der Waals surface area (Å²) >= 11 is 0. The van der Waals surface area contributed by atoms with Gasteiger partial charge >= 0.3 is 0 Å². The van der Waals surface area contributed by atoms with Crippen LogP contribution in [0.15, 0.2) is 18.2 Å². The van der Waals surface area contributed by atoms with Crippen LogP contribution in [-0.4, -0.2) is 41.3 Å². The van der Waals surface area contributed by atoms with Gasteiger partial charge in [-0.1, -0.05) is 0 Å². The summed E-state index contributed by atoms with van der Waals surface area (Å²) in [5.41, 5.74) is 5.27. The first-order valence-electron chi connectivity index (χ1n) is 5.27. The highest BCUT2D eigenvalue weighted by molar-refractivity contribution is 7.92. The van der Waals surface area contributed by atoms with Gasteiger partial charge < -0.3 is 15.2 Å². The molecule has 0 radical (unpaired) electrons. The molecule has 1 aromatic rings. The number of methoxy groups -OCH3 is 2. The lowest BCUT2D eigenvalue weighted by molar-refractivity contribution is -0.116. The van der Waals surface area contributed by atoms with Crippen molar-refractivity contribution in [3.63, 3.8) is 0 Å². The first-order chi connectivity index (χ1) is 8.79. The third kappa shape index (κ3) is 3.75. The number of anilines is 1. The minimum Gasteiger partial charge on any atom is -0.497 e. The number of hydrogen-bond acceptors (Lipinski definition) is 5. The Labute approximate surface area is 112 Å². The molecule has 7 nitrogen and oxygen atoms in total. The molecule has 8 heteroatoms. The number of nitrogens with two attached hydrogens (primary N) is 1. The van der Waals surface area contributed by atoms with E-state index >= 15 is 0 Å². The zero-order valence-electron chi connectivity index (χ0n) is 10.9. The molecule has 1 aromatic carbocycles. The molecular formula is C11H16N2O5S. The van der Waals surface area contributed by atoms with E-state index in [1.54, 1.807) is 12.1 Å². The summed E-state index contributed by atoms with van der Waals surface area (Å²) in [5, 5.41) is 0. The smallest absolute Gasteiger partial charge is 0.238 e. The maximum atomic E-state index is 11.8. The maximum Gasteiger partial charge on any atom is 0.238 e. The number of primary amides is 1. The van der Waals surface area contributed by atoms with Crippen molar-refractivity contribution in [3.8, 4) is 11.5 Å². The molecule has 0 saturated carbocycles. The standard InChI is InChI=1S/C11H16N2O5S/c1-17-8-4-5-10(18-2)9(6-8)13(7-11(12)14)19(3,15)16/h4-6H,7H2,1-3H3,(H2,12,14). The maximum absolute atomic E-state index is 11.8. The topological polar surface area (TPSA) is 98.9 Å². The SMILES string of the molecule is COc1ccc(OC)c(N(CC(N)=O)S(C)(=O)=O)c1. The Kier molecular flexibility index (Phi) is 4.60. The Morgan fingerprint density at radius 3 is 2.37 bits per heavy atom. The van der Waals surface area contributed by atoms with Crippen molar-refractivity contribution in [1.82, 2.24) is 0 Å². The molecule has 0 atom stereocenters. The number of amides is 1. The van der Waals surface area contributed by atoms with Crippen LogP contribution in [0.5, 0.6) is 11.5 Å². The van der Waals surface area contributed by atoms with E-state index in [9.17, 15) is 13.2 Å². The van der Waals surface area contributed by atoms with Gasteiger partial charge in [0.25, 0.3) is 0 Å². The summed E-state index contributed by atoms with van der Waals surface area (Å²) in [6, 6.07) is 4.63. The fourth-order valence-corrected chi connectivity index (χ4v) is 2.38. The van der Waals surface area contributed by atoms with Gasteiger partial charge in [-0.05, 0) is 12.1 Å². The highest BCUT2D eigenvalue weighted by Crippen LogP contribution is 2.33. The second-order valence-electron chi connectivity index (χ2n) is 3.77. The highest BCUT2D eigenvalue weighted by atomic mass is 32.2. The average molecular weight is 288 g/mol. The van der Waals surface area contributed by atoms with Crippen LogP contribution in [-0.2, 0) is 14.8 Å². The first-order valence-corrected chi connectivity index (χ1v) is 7.12. The Hall–Kier alpha value is -1.96. The van der Waals surface area contributed by atoms with Crippen molar-refractivity contribution < 1.29 is 22.7 Å². The van der Waals surface area contributed by atoms with Crippen LogP contribution in [0, 0.1) is 0 Å². The van der Waals surface area contributed by atoms with Crippen LogP contribution < -0.4 is 19.5 Å². The van der Waals surface area contributed by atoms with Crippen LogP contribution >= 0.6 is 0 Å². The fraction of sp³-hybridized carbons (Fsp3) is 0.364. The molecule has 0 heterocycles. The predicted molar refractivity (Wildman–Crippen MR) is 70.9 cm³/mol. The third-order valence-corrected chi connectivity index (χ3v) is 3.48. The van der Waals surface area contributed by atoms with Crippen molar-refractivity contribution in [1.29, 1.82) is 0 Å². The highest BCUT2D eigenvalue weighted by Gasteiger charge is 2.23. The molecule has 1 rings (SSSR count). The number of carbonyl (C=O) groups is 1. The molecule has 0 bridgehead atoms. The molecule has 0 aromatic heterocycles. The van der Waals surface area contributed by atoms with Crippen molar-refractivity contribution in [2.24, 2.45) is 5.73 Å². The second-order valence-corrected chi connectivity index (χ2v) is 5.68. The average Bonchev–Trinajstić information content (AvgIpc) is 2.33. The molecule has 0 fully saturated rings. The summed E-state index contributed by atoms with van der Waals surface area (Å²) in [6.07, 6.45) is 0.981. The van der Waals surface area contributed by atoms with E-state index in [0.29, 0.717) is 11.5 Å². The Bertz CT molecular complexity index is 570. The molecule has 0 aliphatic carbocycles. The minimum atomic E-state index is -3.67. The minimum absolute atomic E-state index is 0.197. The van der Waals surface area contributed by atoms with Crippen molar-refractivity contribution >= 4 is 21.6 Å². The molecule has 0 spiro atoms. The van der Waals surface area contributed by atoms with Crippen LogP contribution in [0.4, 0.5) is 5.69 Å². The Morgan fingerprint density at radius 1 is 1.32 bits per heavy atom. The summed E-state index contributed by atoms with van der Waals surface area (Å²) in [5.74, 6) is -0.0308. The van der Waals surface area contributed by atoms with E-state index in [0.717, 1.165) is 10.6 Å². The summed E-state index contributed by atoms with van der Waals surface area (Å²) in [4.78, 5) is 11.0. The van der Waals surface area contributed by atoms with E-state index in [4.69, 9.17) is 15.2 Å². The number of hydrogen-bond donors (Lipinski definition) is 1. The van der Waals surface area contributed by atoms with Gasteiger partial charge in [-0.3, -0.25) is 9.10 Å². The second kappa shape index (κ2) is 5.79. The molecule has 0 saturated heterocycles. The summed E-state index contributed by atoms with van der Waals surface area (Å²) in [7, 11) is -0.826. The molecule has 19 heavy (non-hydrogen) atoms. The summed E-state index contributed by atoms with van der Waals surface area (Å²) < 4.78 is 34.5. The van der Waals surface area contributed by atoms with Gasteiger partial charge in [0.2, 0.25) is 15.9 Å². The van der Waals surface area contributed by atoms with Crippen molar-refractivity contribution in [2.45, 2.75) is 0 Å².